The molecule has 2 aromatic rings. The largest absolute Gasteiger partial charge is 0.493 e. The molecule has 0 unspecified atom stereocenters. The van der Waals surface area contributed by atoms with E-state index in [0.717, 1.165) is 25.0 Å². The van der Waals surface area contributed by atoms with Crippen molar-refractivity contribution < 1.29 is 23.9 Å². The molecule has 1 aliphatic rings. The quantitative estimate of drug-likeness (QED) is 0.553. The van der Waals surface area contributed by atoms with E-state index in [9.17, 15) is 14.9 Å². The maximum atomic E-state index is 12.3. The molecule has 2 aromatic carbocycles. The zero-order chi connectivity index (χ0) is 19.9. The van der Waals surface area contributed by atoms with Gasteiger partial charge in [0.15, 0.2) is 11.5 Å². The number of benzene rings is 2. The molecule has 0 aromatic heterocycles. The lowest BCUT2D eigenvalue weighted by Crippen LogP contribution is -2.23. The highest BCUT2D eigenvalue weighted by Crippen LogP contribution is 2.29. The molecule has 1 amide bonds. The predicted octanol–water partition coefficient (Wildman–Crippen LogP) is 3.09. The molecule has 1 fully saturated rings. The first kappa shape index (κ1) is 19.6. The summed E-state index contributed by atoms with van der Waals surface area (Å²) in [6.45, 7) is 1.43. The molecular weight excluding hydrogens is 364 g/mol. The Morgan fingerprint density at radius 2 is 2.11 bits per heavy atom. The minimum Gasteiger partial charge on any atom is -0.493 e. The zero-order valence-electron chi connectivity index (χ0n) is 15.6. The molecule has 0 radical (unpaired) electrons. The van der Waals surface area contributed by atoms with Crippen molar-refractivity contribution in [3.05, 3.63) is 63.7 Å². The van der Waals surface area contributed by atoms with Crippen LogP contribution in [-0.2, 0) is 11.3 Å². The Labute approximate surface area is 162 Å². The number of nitro groups is 1. The summed E-state index contributed by atoms with van der Waals surface area (Å²) in [5.74, 6) is 0.646. The number of hydrogen-bond acceptors (Lipinski definition) is 6. The van der Waals surface area contributed by atoms with Gasteiger partial charge in [-0.05, 0) is 36.6 Å². The minimum absolute atomic E-state index is 0.0241. The summed E-state index contributed by atoms with van der Waals surface area (Å²) in [6.07, 6.45) is 2.13. The van der Waals surface area contributed by atoms with Gasteiger partial charge in [-0.15, -0.1) is 0 Å². The van der Waals surface area contributed by atoms with Crippen LogP contribution in [0.1, 0.15) is 28.8 Å². The number of rotatable bonds is 8. The topological polar surface area (TPSA) is 99.9 Å². The van der Waals surface area contributed by atoms with E-state index in [1.165, 1.54) is 18.2 Å². The van der Waals surface area contributed by atoms with E-state index in [4.69, 9.17) is 14.2 Å². The van der Waals surface area contributed by atoms with Crippen molar-refractivity contribution in [2.24, 2.45) is 0 Å². The second-order valence-corrected chi connectivity index (χ2v) is 6.39. The molecule has 0 saturated carbocycles. The van der Waals surface area contributed by atoms with Gasteiger partial charge in [0.1, 0.15) is 12.2 Å². The summed E-state index contributed by atoms with van der Waals surface area (Å²) in [4.78, 5) is 22.8. The first-order valence-electron chi connectivity index (χ1n) is 9.01. The normalized spacial score (nSPS) is 15.8. The van der Waals surface area contributed by atoms with E-state index in [1.807, 2.05) is 6.07 Å². The van der Waals surface area contributed by atoms with E-state index in [1.54, 1.807) is 25.3 Å². The number of para-hydroxylation sites is 1. The third-order valence-corrected chi connectivity index (χ3v) is 4.48. The van der Waals surface area contributed by atoms with E-state index >= 15 is 0 Å². The van der Waals surface area contributed by atoms with Crippen LogP contribution in [0.2, 0.25) is 0 Å². The number of nitro benzene ring substituents is 1. The van der Waals surface area contributed by atoms with Gasteiger partial charge in [-0.2, -0.15) is 0 Å². The van der Waals surface area contributed by atoms with Crippen LogP contribution in [0.3, 0.4) is 0 Å². The third-order valence-electron chi connectivity index (χ3n) is 4.48. The number of nitrogens with zero attached hydrogens (tertiary/aromatic N) is 1. The van der Waals surface area contributed by atoms with Crippen LogP contribution >= 0.6 is 0 Å². The van der Waals surface area contributed by atoms with Gasteiger partial charge in [0.05, 0.1) is 18.1 Å². The highest BCUT2D eigenvalue weighted by atomic mass is 16.6. The maximum absolute atomic E-state index is 12.3. The zero-order valence-corrected chi connectivity index (χ0v) is 15.6. The van der Waals surface area contributed by atoms with Crippen molar-refractivity contribution >= 4 is 11.6 Å². The van der Waals surface area contributed by atoms with Gasteiger partial charge in [-0.25, -0.2) is 0 Å². The van der Waals surface area contributed by atoms with Crippen molar-refractivity contribution in [1.82, 2.24) is 5.32 Å². The molecule has 28 heavy (non-hydrogen) atoms. The summed E-state index contributed by atoms with van der Waals surface area (Å²) in [5.41, 5.74) is 0.583. The Bertz CT molecular complexity index is 848. The highest BCUT2D eigenvalue weighted by Gasteiger charge is 2.19. The van der Waals surface area contributed by atoms with Gasteiger partial charge >= 0.3 is 0 Å². The molecule has 1 N–H and O–H groups in total. The second kappa shape index (κ2) is 9.18. The monoisotopic (exact) mass is 386 g/mol. The number of amides is 1. The Morgan fingerprint density at radius 1 is 1.29 bits per heavy atom. The Morgan fingerprint density at radius 3 is 2.82 bits per heavy atom. The number of carbonyl (C=O) groups excluding carboxylic acids is 1. The number of ether oxygens (including phenoxy) is 3. The van der Waals surface area contributed by atoms with Crippen molar-refractivity contribution in [1.29, 1.82) is 0 Å². The summed E-state index contributed by atoms with van der Waals surface area (Å²) in [5, 5.41) is 13.8. The van der Waals surface area contributed by atoms with Crippen LogP contribution in [0.4, 0.5) is 5.69 Å². The Kier molecular flexibility index (Phi) is 6.44. The first-order chi connectivity index (χ1) is 13.6. The summed E-state index contributed by atoms with van der Waals surface area (Å²) < 4.78 is 16.7. The van der Waals surface area contributed by atoms with E-state index in [0.29, 0.717) is 18.1 Å². The molecule has 0 spiro atoms. The molecule has 0 bridgehead atoms. The summed E-state index contributed by atoms with van der Waals surface area (Å²) in [6, 6.07) is 11.2. The number of methoxy groups -OCH3 is 1. The number of hydrogen-bond donors (Lipinski definition) is 1. The summed E-state index contributed by atoms with van der Waals surface area (Å²) in [7, 11) is 1.55. The smallest absolute Gasteiger partial charge is 0.282 e. The maximum Gasteiger partial charge on any atom is 0.282 e. The first-order valence-corrected chi connectivity index (χ1v) is 9.01. The van der Waals surface area contributed by atoms with Crippen molar-refractivity contribution in [3.63, 3.8) is 0 Å². The summed E-state index contributed by atoms with van der Waals surface area (Å²) >= 11 is 0. The Balaban J connectivity index is 1.62. The second-order valence-electron chi connectivity index (χ2n) is 6.39. The van der Waals surface area contributed by atoms with Gasteiger partial charge in [-0.3, -0.25) is 14.9 Å². The van der Waals surface area contributed by atoms with Crippen molar-refractivity contribution in [2.75, 3.05) is 20.3 Å². The molecule has 8 nitrogen and oxygen atoms in total. The minimum atomic E-state index is -0.571. The lowest BCUT2D eigenvalue weighted by molar-refractivity contribution is -0.385. The lowest BCUT2D eigenvalue weighted by atomic mass is 10.1. The fourth-order valence-corrected chi connectivity index (χ4v) is 3.00. The van der Waals surface area contributed by atoms with Crippen molar-refractivity contribution in [2.45, 2.75) is 25.5 Å². The molecule has 1 aliphatic heterocycles. The van der Waals surface area contributed by atoms with E-state index < -0.39 is 10.8 Å². The molecule has 1 saturated heterocycles. The average Bonchev–Trinajstić information content (AvgIpc) is 3.24. The SMILES string of the molecule is COc1cc(CNC(=O)c2ccccc2[N+](=O)[O-])ccc1OC[C@H]1CCCO1. The molecular formula is C20H22N2O6. The van der Waals surface area contributed by atoms with Gasteiger partial charge in [0.25, 0.3) is 11.6 Å². The van der Waals surface area contributed by atoms with E-state index in [-0.39, 0.29) is 23.9 Å². The fraction of sp³-hybridized carbons (Fsp3) is 0.350. The molecule has 3 rings (SSSR count). The van der Waals surface area contributed by atoms with Crippen LogP contribution < -0.4 is 14.8 Å². The van der Waals surface area contributed by atoms with Crippen LogP contribution in [-0.4, -0.2) is 37.3 Å². The molecule has 148 valence electrons. The predicted molar refractivity (Wildman–Crippen MR) is 102 cm³/mol. The number of carbonyl (C=O) groups is 1. The van der Waals surface area contributed by atoms with Gasteiger partial charge < -0.3 is 19.5 Å². The van der Waals surface area contributed by atoms with Crippen LogP contribution in [0.5, 0.6) is 11.5 Å². The van der Waals surface area contributed by atoms with Gasteiger partial charge in [0, 0.05) is 19.2 Å². The molecule has 0 aliphatic carbocycles. The van der Waals surface area contributed by atoms with Crippen LogP contribution in [0, 0.1) is 10.1 Å². The van der Waals surface area contributed by atoms with Crippen LogP contribution in [0.25, 0.3) is 0 Å². The van der Waals surface area contributed by atoms with E-state index in [2.05, 4.69) is 5.32 Å². The van der Waals surface area contributed by atoms with Crippen LogP contribution in [0.15, 0.2) is 42.5 Å². The van der Waals surface area contributed by atoms with Gasteiger partial charge in [-0.1, -0.05) is 18.2 Å². The standard InChI is InChI=1S/C20H22N2O6/c1-26-19-11-14(8-9-18(19)28-13-15-5-4-10-27-15)12-21-20(23)16-6-2-3-7-17(16)22(24)25/h2-3,6-9,11,15H,4-5,10,12-13H2,1H3,(H,21,23)/t15-/m1/s1. The lowest BCUT2D eigenvalue weighted by Gasteiger charge is -2.15. The van der Waals surface area contributed by atoms with Crippen molar-refractivity contribution in [3.8, 4) is 11.5 Å². The molecule has 1 heterocycles. The fourth-order valence-electron chi connectivity index (χ4n) is 3.00. The average molecular weight is 386 g/mol. The number of nitrogens with one attached hydrogen (secondary N) is 1. The third kappa shape index (κ3) is 4.77. The van der Waals surface area contributed by atoms with Gasteiger partial charge in [0.2, 0.25) is 0 Å². The Hall–Kier alpha value is -3.13. The molecule has 1 atom stereocenters. The molecule has 8 heteroatoms. The highest BCUT2D eigenvalue weighted by molar-refractivity contribution is 5.98.